The molecule has 0 radical (unpaired) electrons. The second kappa shape index (κ2) is 5.19. The summed E-state index contributed by atoms with van der Waals surface area (Å²) in [6, 6.07) is 14.8. The fourth-order valence-corrected chi connectivity index (χ4v) is 2.11. The summed E-state index contributed by atoms with van der Waals surface area (Å²) in [5.41, 5.74) is 1.14. The van der Waals surface area contributed by atoms with E-state index in [4.69, 9.17) is 4.74 Å². The molecule has 0 aromatic heterocycles. The Kier molecular flexibility index (Phi) is 3.24. The molecule has 18 heavy (non-hydrogen) atoms. The number of rotatable bonds is 2. The average Bonchev–Trinajstić information content (AvgIpc) is 2.46. The van der Waals surface area contributed by atoms with E-state index in [1.807, 2.05) is 6.21 Å². The third-order valence-electron chi connectivity index (χ3n) is 3.13. The lowest BCUT2D eigenvalue weighted by molar-refractivity contribution is 0.0397. The molecule has 1 saturated heterocycles. The molecule has 1 aliphatic heterocycles. The highest BCUT2D eigenvalue weighted by Gasteiger charge is 2.06. The van der Waals surface area contributed by atoms with Gasteiger partial charge in [0, 0.05) is 0 Å². The molecule has 0 aliphatic carbocycles. The number of hydrogen-bond donors (Lipinski definition) is 0. The predicted molar refractivity (Wildman–Crippen MR) is 73.9 cm³/mol. The lowest BCUT2D eigenvalue weighted by Gasteiger charge is -2.23. The van der Waals surface area contributed by atoms with E-state index in [2.05, 4.69) is 52.6 Å². The van der Waals surface area contributed by atoms with Gasteiger partial charge in [-0.3, -0.25) is 5.01 Å². The van der Waals surface area contributed by atoms with Crippen molar-refractivity contribution in [3.05, 3.63) is 48.0 Å². The van der Waals surface area contributed by atoms with Crippen molar-refractivity contribution < 1.29 is 4.74 Å². The van der Waals surface area contributed by atoms with Crippen molar-refractivity contribution in [3.63, 3.8) is 0 Å². The topological polar surface area (TPSA) is 24.8 Å². The zero-order valence-electron chi connectivity index (χ0n) is 10.2. The summed E-state index contributed by atoms with van der Waals surface area (Å²) in [4.78, 5) is 0. The molecule has 0 amide bonds. The number of benzene rings is 2. The minimum atomic E-state index is 0.773. The second-order valence-corrected chi connectivity index (χ2v) is 4.42. The number of hydrazone groups is 1. The van der Waals surface area contributed by atoms with Crippen LogP contribution in [0, 0.1) is 0 Å². The molecule has 1 heterocycles. The molecule has 0 unspecified atom stereocenters. The SMILES string of the molecule is C(=N\N1CCOCC1)/c1ccc2ccccc2c1. The van der Waals surface area contributed by atoms with Gasteiger partial charge in [0.25, 0.3) is 0 Å². The molecule has 0 atom stereocenters. The normalized spacial score (nSPS) is 16.6. The van der Waals surface area contributed by atoms with E-state index in [1.54, 1.807) is 0 Å². The van der Waals surface area contributed by atoms with Crippen molar-refractivity contribution >= 4 is 17.0 Å². The number of fused-ring (bicyclic) bond motifs is 1. The third-order valence-corrected chi connectivity index (χ3v) is 3.13. The maximum absolute atomic E-state index is 5.29. The number of morpholine rings is 1. The molecule has 2 aromatic carbocycles. The Morgan fingerprint density at radius 2 is 1.78 bits per heavy atom. The van der Waals surface area contributed by atoms with E-state index in [0.717, 1.165) is 31.9 Å². The van der Waals surface area contributed by atoms with Crippen LogP contribution in [0.1, 0.15) is 5.56 Å². The number of ether oxygens (including phenoxy) is 1. The van der Waals surface area contributed by atoms with E-state index in [9.17, 15) is 0 Å². The summed E-state index contributed by atoms with van der Waals surface area (Å²) >= 11 is 0. The average molecular weight is 240 g/mol. The van der Waals surface area contributed by atoms with Crippen molar-refractivity contribution in [2.24, 2.45) is 5.10 Å². The van der Waals surface area contributed by atoms with Crippen LogP contribution in [0.4, 0.5) is 0 Å². The fraction of sp³-hybridized carbons (Fsp3) is 0.267. The molecule has 3 heteroatoms. The maximum atomic E-state index is 5.29. The molecular weight excluding hydrogens is 224 g/mol. The van der Waals surface area contributed by atoms with Crippen LogP contribution in [-0.2, 0) is 4.74 Å². The van der Waals surface area contributed by atoms with Gasteiger partial charge in [0.2, 0.25) is 0 Å². The molecule has 2 aromatic rings. The molecule has 0 spiro atoms. The first-order valence-corrected chi connectivity index (χ1v) is 6.27. The Bertz CT molecular complexity index is 559. The molecule has 0 N–H and O–H groups in total. The van der Waals surface area contributed by atoms with Gasteiger partial charge < -0.3 is 4.74 Å². The first kappa shape index (κ1) is 11.2. The standard InChI is InChI=1S/C15H16N2O/c1-2-4-15-11-13(5-6-14(15)3-1)12-16-17-7-9-18-10-8-17/h1-6,11-12H,7-10H2/b16-12+. The van der Waals surface area contributed by atoms with E-state index in [0.29, 0.717) is 0 Å². The van der Waals surface area contributed by atoms with Crippen molar-refractivity contribution in [1.29, 1.82) is 0 Å². The van der Waals surface area contributed by atoms with E-state index < -0.39 is 0 Å². The predicted octanol–water partition coefficient (Wildman–Crippen LogP) is 2.51. The van der Waals surface area contributed by atoms with Crippen LogP contribution in [-0.4, -0.2) is 37.5 Å². The van der Waals surface area contributed by atoms with Crippen LogP contribution < -0.4 is 0 Å². The molecule has 3 rings (SSSR count). The number of nitrogens with zero attached hydrogens (tertiary/aromatic N) is 2. The zero-order valence-corrected chi connectivity index (χ0v) is 10.2. The largest absolute Gasteiger partial charge is 0.378 e. The molecule has 1 aliphatic rings. The van der Waals surface area contributed by atoms with Gasteiger partial charge in [-0.2, -0.15) is 5.10 Å². The summed E-state index contributed by atoms with van der Waals surface area (Å²) in [7, 11) is 0. The van der Waals surface area contributed by atoms with Crippen LogP contribution in [0.3, 0.4) is 0 Å². The van der Waals surface area contributed by atoms with Crippen molar-refractivity contribution in [1.82, 2.24) is 5.01 Å². The Hall–Kier alpha value is -1.87. The fourth-order valence-electron chi connectivity index (χ4n) is 2.11. The maximum Gasteiger partial charge on any atom is 0.0659 e. The summed E-state index contributed by atoms with van der Waals surface area (Å²) in [6.07, 6.45) is 1.93. The van der Waals surface area contributed by atoms with Crippen molar-refractivity contribution in [3.8, 4) is 0 Å². The lowest BCUT2D eigenvalue weighted by Crippen LogP contribution is -2.32. The van der Waals surface area contributed by atoms with Crippen LogP contribution >= 0.6 is 0 Å². The first-order valence-electron chi connectivity index (χ1n) is 6.27. The van der Waals surface area contributed by atoms with Crippen LogP contribution in [0.5, 0.6) is 0 Å². The number of hydrogen-bond acceptors (Lipinski definition) is 3. The Labute approximate surface area is 107 Å². The lowest BCUT2D eigenvalue weighted by atomic mass is 10.1. The molecule has 0 saturated carbocycles. The van der Waals surface area contributed by atoms with Crippen molar-refractivity contribution in [2.75, 3.05) is 26.3 Å². The highest BCUT2D eigenvalue weighted by molar-refractivity contribution is 5.90. The van der Waals surface area contributed by atoms with Gasteiger partial charge in [-0.25, -0.2) is 0 Å². The molecule has 3 nitrogen and oxygen atoms in total. The highest BCUT2D eigenvalue weighted by Crippen LogP contribution is 2.14. The molecule has 92 valence electrons. The summed E-state index contributed by atoms with van der Waals surface area (Å²) < 4.78 is 5.29. The van der Waals surface area contributed by atoms with Gasteiger partial charge >= 0.3 is 0 Å². The molecular formula is C15H16N2O. The zero-order chi connectivity index (χ0) is 12.2. The van der Waals surface area contributed by atoms with E-state index in [-0.39, 0.29) is 0 Å². The first-order chi connectivity index (χ1) is 8.92. The monoisotopic (exact) mass is 240 g/mol. The van der Waals surface area contributed by atoms with Gasteiger partial charge in [-0.15, -0.1) is 0 Å². The summed E-state index contributed by atoms with van der Waals surface area (Å²) in [5, 5.41) is 9.06. The molecule has 1 fully saturated rings. The minimum Gasteiger partial charge on any atom is -0.378 e. The van der Waals surface area contributed by atoms with Gasteiger partial charge in [0.15, 0.2) is 0 Å². The van der Waals surface area contributed by atoms with Crippen LogP contribution in [0.25, 0.3) is 10.8 Å². The Morgan fingerprint density at radius 3 is 2.61 bits per heavy atom. The third kappa shape index (κ3) is 2.51. The minimum absolute atomic E-state index is 0.773. The summed E-state index contributed by atoms with van der Waals surface area (Å²) in [5.74, 6) is 0. The quantitative estimate of drug-likeness (QED) is 0.753. The smallest absolute Gasteiger partial charge is 0.0659 e. The van der Waals surface area contributed by atoms with E-state index in [1.165, 1.54) is 10.8 Å². The molecule has 0 bridgehead atoms. The van der Waals surface area contributed by atoms with Crippen molar-refractivity contribution in [2.45, 2.75) is 0 Å². The second-order valence-electron chi connectivity index (χ2n) is 4.42. The van der Waals surface area contributed by atoms with Gasteiger partial charge in [-0.1, -0.05) is 36.4 Å². The Balaban J connectivity index is 1.79. The summed E-state index contributed by atoms with van der Waals surface area (Å²) in [6.45, 7) is 3.30. The van der Waals surface area contributed by atoms with Crippen LogP contribution in [0.2, 0.25) is 0 Å². The van der Waals surface area contributed by atoms with Gasteiger partial charge in [0.1, 0.15) is 0 Å². The highest BCUT2D eigenvalue weighted by atomic mass is 16.5. The van der Waals surface area contributed by atoms with Gasteiger partial charge in [-0.05, 0) is 22.4 Å². The van der Waals surface area contributed by atoms with Crippen LogP contribution in [0.15, 0.2) is 47.6 Å². The van der Waals surface area contributed by atoms with Gasteiger partial charge in [0.05, 0.1) is 32.5 Å². The Morgan fingerprint density at radius 1 is 1.00 bits per heavy atom. The van der Waals surface area contributed by atoms with E-state index >= 15 is 0 Å².